The van der Waals surface area contributed by atoms with E-state index in [9.17, 15) is 23.4 Å². The number of halogens is 5. The van der Waals surface area contributed by atoms with Gasteiger partial charge in [-0.3, -0.25) is 4.90 Å². The molecule has 3 atom stereocenters. The maximum Gasteiger partial charge on any atom is 0.283 e. The monoisotopic (exact) mass is 551 g/mol. The lowest BCUT2D eigenvalue weighted by Crippen LogP contribution is -2.50. The summed E-state index contributed by atoms with van der Waals surface area (Å²) in [6.45, 7) is 3.53. The van der Waals surface area contributed by atoms with Gasteiger partial charge in [-0.25, -0.2) is 22.0 Å². The van der Waals surface area contributed by atoms with Gasteiger partial charge >= 0.3 is 0 Å². The molecule has 3 N–H and O–H groups in total. The Labute approximate surface area is 224 Å². The molecule has 0 saturated carbocycles. The van der Waals surface area contributed by atoms with Gasteiger partial charge in [0.25, 0.3) is 5.92 Å². The first-order valence-electron chi connectivity index (χ1n) is 13.5. The van der Waals surface area contributed by atoms with Crippen molar-refractivity contribution in [1.82, 2.24) is 14.8 Å². The van der Waals surface area contributed by atoms with Gasteiger partial charge in [-0.15, -0.1) is 0 Å². The van der Waals surface area contributed by atoms with Gasteiger partial charge in [-0.2, -0.15) is 0 Å². The largest absolute Gasteiger partial charge is 0.390 e. The Morgan fingerprint density at radius 1 is 1.10 bits per heavy atom. The SMILES string of the molecule is CCCCN1CC([C@H](O)c2cc(F)c([C@H]3c4[nH]c5c(F)cccc5c4C[C@H](C)N3CC(F)(F)CO)c(F)c2)C1. The number of nitrogens with zero attached hydrogens (tertiary/aromatic N) is 2. The van der Waals surface area contributed by atoms with E-state index in [1.54, 1.807) is 13.0 Å². The van der Waals surface area contributed by atoms with Crippen LogP contribution in [0.15, 0.2) is 30.3 Å². The molecule has 5 rings (SSSR count). The van der Waals surface area contributed by atoms with Crippen LogP contribution >= 0.6 is 0 Å². The summed E-state index contributed by atoms with van der Waals surface area (Å²) in [6.07, 6.45) is 1.26. The zero-order chi connectivity index (χ0) is 28.1. The molecular formula is C29H34F5N3O2. The number of rotatable bonds is 9. The van der Waals surface area contributed by atoms with Crippen molar-refractivity contribution in [3.63, 3.8) is 0 Å². The molecule has 2 aromatic carbocycles. The molecule has 1 aromatic heterocycles. The summed E-state index contributed by atoms with van der Waals surface area (Å²) in [7, 11) is 0. The number of aromatic nitrogens is 1. The molecule has 212 valence electrons. The number of alkyl halides is 2. The van der Waals surface area contributed by atoms with E-state index in [-0.39, 0.29) is 29.1 Å². The number of hydrogen-bond acceptors (Lipinski definition) is 4. The van der Waals surface area contributed by atoms with Crippen LogP contribution in [0.5, 0.6) is 0 Å². The first-order chi connectivity index (χ1) is 18.5. The molecule has 0 spiro atoms. The molecule has 10 heteroatoms. The minimum atomic E-state index is -3.53. The summed E-state index contributed by atoms with van der Waals surface area (Å²) in [4.78, 5) is 6.35. The van der Waals surface area contributed by atoms with Gasteiger partial charge in [0, 0.05) is 41.7 Å². The second-order valence-corrected chi connectivity index (χ2v) is 11.0. The quantitative estimate of drug-likeness (QED) is 0.316. The fourth-order valence-electron chi connectivity index (χ4n) is 6.10. The minimum Gasteiger partial charge on any atom is -0.390 e. The van der Waals surface area contributed by atoms with Gasteiger partial charge in [0.1, 0.15) is 24.1 Å². The molecule has 0 bridgehead atoms. The second kappa shape index (κ2) is 10.8. The Hall–Kier alpha value is -2.53. The van der Waals surface area contributed by atoms with E-state index in [2.05, 4.69) is 16.8 Å². The van der Waals surface area contributed by atoms with Crippen molar-refractivity contribution in [2.24, 2.45) is 5.92 Å². The summed E-state index contributed by atoms with van der Waals surface area (Å²) < 4.78 is 75.2. The predicted octanol–water partition coefficient (Wildman–Crippen LogP) is 5.31. The molecule has 0 unspecified atom stereocenters. The third-order valence-corrected chi connectivity index (χ3v) is 8.22. The highest BCUT2D eigenvalue weighted by Crippen LogP contribution is 2.44. The van der Waals surface area contributed by atoms with Gasteiger partial charge in [0.15, 0.2) is 0 Å². The van der Waals surface area contributed by atoms with Gasteiger partial charge in [0.2, 0.25) is 0 Å². The van der Waals surface area contributed by atoms with Crippen molar-refractivity contribution < 1.29 is 32.2 Å². The Morgan fingerprint density at radius 3 is 2.44 bits per heavy atom. The maximum absolute atomic E-state index is 15.8. The van der Waals surface area contributed by atoms with E-state index >= 15 is 8.78 Å². The minimum absolute atomic E-state index is 0.0907. The van der Waals surface area contributed by atoms with Crippen LogP contribution in [-0.2, 0) is 6.42 Å². The van der Waals surface area contributed by atoms with Crippen LogP contribution in [0, 0.1) is 23.4 Å². The predicted molar refractivity (Wildman–Crippen MR) is 138 cm³/mol. The fraction of sp³-hybridized carbons (Fsp3) is 0.517. The molecule has 0 amide bonds. The van der Waals surface area contributed by atoms with Crippen LogP contribution in [0.25, 0.3) is 10.9 Å². The number of fused-ring (bicyclic) bond motifs is 3. The van der Waals surface area contributed by atoms with Gasteiger partial charge in [0.05, 0.1) is 24.2 Å². The number of benzene rings is 2. The lowest BCUT2D eigenvalue weighted by Gasteiger charge is -2.43. The van der Waals surface area contributed by atoms with E-state index in [0.717, 1.165) is 31.5 Å². The fourth-order valence-corrected chi connectivity index (χ4v) is 6.10. The van der Waals surface area contributed by atoms with Crippen LogP contribution in [0.4, 0.5) is 22.0 Å². The highest BCUT2D eigenvalue weighted by Gasteiger charge is 2.44. The first kappa shape index (κ1) is 28.0. The van der Waals surface area contributed by atoms with Crippen molar-refractivity contribution in [1.29, 1.82) is 0 Å². The molecule has 3 heterocycles. The van der Waals surface area contributed by atoms with Crippen molar-refractivity contribution >= 4 is 10.9 Å². The summed E-state index contributed by atoms with van der Waals surface area (Å²) in [6, 6.07) is 4.68. The topological polar surface area (TPSA) is 62.7 Å². The van der Waals surface area contributed by atoms with Crippen molar-refractivity contribution in [2.45, 2.75) is 57.2 Å². The molecule has 1 saturated heterocycles. The zero-order valence-electron chi connectivity index (χ0n) is 22.0. The second-order valence-electron chi connectivity index (χ2n) is 11.0. The van der Waals surface area contributed by atoms with Gasteiger partial charge < -0.3 is 20.1 Å². The number of aromatic amines is 1. The summed E-state index contributed by atoms with van der Waals surface area (Å²) in [5.41, 5.74) is 0.611. The Morgan fingerprint density at radius 2 is 1.79 bits per heavy atom. The third-order valence-electron chi connectivity index (χ3n) is 8.22. The molecule has 2 aliphatic rings. The molecule has 1 fully saturated rings. The number of H-pyrrole nitrogens is 1. The number of hydrogen-bond donors (Lipinski definition) is 3. The number of likely N-dealkylation sites (tertiary alicyclic amines) is 1. The van der Waals surface area contributed by atoms with Crippen molar-refractivity contribution in [3.05, 3.63) is 70.2 Å². The van der Waals surface area contributed by atoms with Gasteiger partial charge in [-0.05, 0) is 55.6 Å². The standard InChI is InChI=1S/C29H34F5N3O2/c1-3-4-8-36-12-18(13-36)28(39)17-10-22(31)24(23(32)11-17)27-26-20(19-6-5-7-21(30)25(19)35-26)9-16(2)37(27)14-29(33,34)15-38/h5-7,10-11,16,18,27-28,35,38-39H,3-4,8-9,12-15H2,1-2H3/t16-,27-,28+/m0/s1. The average Bonchev–Trinajstić information content (AvgIpc) is 3.23. The van der Waals surface area contributed by atoms with Crippen LogP contribution in [0.1, 0.15) is 61.2 Å². The molecule has 0 radical (unpaired) electrons. The summed E-state index contributed by atoms with van der Waals surface area (Å²) in [5.74, 6) is -6.21. The van der Waals surface area contributed by atoms with E-state index in [4.69, 9.17) is 0 Å². The number of aliphatic hydroxyl groups is 2. The van der Waals surface area contributed by atoms with E-state index < -0.39 is 60.3 Å². The molecule has 0 aliphatic carbocycles. The van der Waals surface area contributed by atoms with E-state index in [0.29, 0.717) is 24.0 Å². The lowest BCUT2D eigenvalue weighted by atomic mass is 9.85. The highest BCUT2D eigenvalue weighted by atomic mass is 19.3. The number of para-hydroxylation sites is 1. The molecule has 39 heavy (non-hydrogen) atoms. The van der Waals surface area contributed by atoms with Crippen LogP contribution < -0.4 is 0 Å². The smallest absolute Gasteiger partial charge is 0.283 e. The van der Waals surface area contributed by atoms with E-state index in [1.807, 2.05) is 0 Å². The third kappa shape index (κ3) is 5.19. The molecule has 2 aliphatic heterocycles. The Bertz CT molecular complexity index is 1320. The lowest BCUT2D eigenvalue weighted by molar-refractivity contribution is -0.0869. The first-order valence-corrected chi connectivity index (χ1v) is 13.5. The maximum atomic E-state index is 15.8. The molecule has 5 nitrogen and oxygen atoms in total. The zero-order valence-corrected chi connectivity index (χ0v) is 22.0. The van der Waals surface area contributed by atoms with Crippen molar-refractivity contribution in [2.75, 3.05) is 32.8 Å². The number of aliphatic hydroxyl groups excluding tert-OH is 2. The van der Waals surface area contributed by atoms with Crippen LogP contribution in [0.2, 0.25) is 0 Å². The average molecular weight is 552 g/mol. The van der Waals surface area contributed by atoms with E-state index in [1.165, 1.54) is 17.0 Å². The summed E-state index contributed by atoms with van der Waals surface area (Å²) >= 11 is 0. The number of nitrogens with one attached hydrogen (secondary N) is 1. The number of unbranched alkanes of at least 4 members (excludes halogenated alkanes) is 1. The Kier molecular flexibility index (Phi) is 7.76. The summed E-state index contributed by atoms with van der Waals surface area (Å²) in [5, 5.41) is 20.6. The Balaban J connectivity index is 1.55. The highest BCUT2D eigenvalue weighted by molar-refractivity contribution is 5.86. The normalized spacial score (nSPS) is 21.8. The van der Waals surface area contributed by atoms with Crippen molar-refractivity contribution in [3.8, 4) is 0 Å². The molecular weight excluding hydrogens is 517 g/mol. The van der Waals surface area contributed by atoms with Gasteiger partial charge in [-0.1, -0.05) is 25.5 Å². The van der Waals surface area contributed by atoms with Crippen LogP contribution in [0.3, 0.4) is 0 Å². The molecule has 3 aromatic rings. The van der Waals surface area contributed by atoms with Crippen LogP contribution in [-0.4, -0.2) is 69.7 Å².